The number of halogens is 3. The average molecular weight is 321 g/mol. The summed E-state index contributed by atoms with van der Waals surface area (Å²) in [5.74, 6) is 0.0242. The maximum atomic E-state index is 12.5. The van der Waals surface area contributed by atoms with Crippen LogP contribution < -0.4 is 16.2 Å². The second-order valence-corrected chi connectivity index (χ2v) is 5.11. The van der Waals surface area contributed by atoms with Crippen molar-refractivity contribution >= 4 is 11.7 Å². The maximum absolute atomic E-state index is 12.5. The Kier molecular flexibility index (Phi) is 5.98. The molecule has 0 saturated heterocycles. The summed E-state index contributed by atoms with van der Waals surface area (Å²) in [6.07, 6.45) is -4.40. The number of urea groups is 1. The number of pyridine rings is 1. The third kappa shape index (κ3) is 5.40. The fraction of sp³-hybridized carbons (Fsp3) is 0.538. The molecular weight excluding hydrogens is 303 g/mol. The van der Waals surface area contributed by atoms with E-state index >= 15 is 0 Å². The summed E-state index contributed by atoms with van der Waals surface area (Å²) in [6, 6.07) is -0.262. The highest BCUT2D eigenvalue weighted by Gasteiger charge is 2.31. The van der Waals surface area contributed by atoms with Crippen LogP contribution in [0.15, 0.2) is 17.1 Å². The average Bonchev–Trinajstić information content (AvgIpc) is 2.39. The fourth-order valence-electron chi connectivity index (χ4n) is 1.57. The van der Waals surface area contributed by atoms with Crippen LogP contribution in [0.5, 0.6) is 0 Å². The van der Waals surface area contributed by atoms with Crippen LogP contribution in [-0.4, -0.2) is 28.8 Å². The first kappa shape index (κ1) is 18.0. The van der Waals surface area contributed by atoms with Gasteiger partial charge in [0.25, 0.3) is 5.56 Å². The molecule has 0 aliphatic rings. The molecule has 1 aromatic heterocycles. The molecule has 0 aliphatic heterocycles. The van der Waals surface area contributed by atoms with Gasteiger partial charge in [-0.3, -0.25) is 4.79 Å². The maximum Gasteiger partial charge on any atom is 0.417 e. The van der Waals surface area contributed by atoms with Gasteiger partial charge in [-0.1, -0.05) is 13.8 Å². The summed E-state index contributed by atoms with van der Waals surface area (Å²) in [5.41, 5.74) is -2.42. The van der Waals surface area contributed by atoms with E-state index in [0.29, 0.717) is 18.7 Å². The van der Waals surface area contributed by atoms with Crippen molar-refractivity contribution in [1.29, 1.82) is 0 Å². The summed E-state index contributed by atoms with van der Waals surface area (Å²) in [5, 5.41) is 14.0. The first-order valence-corrected chi connectivity index (χ1v) is 6.64. The van der Waals surface area contributed by atoms with E-state index in [1.54, 1.807) is 0 Å². The Morgan fingerprint density at radius 1 is 1.41 bits per heavy atom. The quantitative estimate of drug-likeness (QED) is 0.667. The van der Waals surface area contributed by atoms with Crippen molar-refractivity contribution in [2.45, 2.75) is 32.5 Å². The van der Waals surface area contributed by atoms with Crippen LogP contribution in [0, 0.1) is 5.92 Å². The summed E-state index contributed by atoms with van der Waals surface area (Å²) in [6.45, 7) is 3.75. The van der Waals surface area contributed by atoms with Gasteiger partial charge in [0.05, 0.1) is 11.7 Å². The van der Waals surface area contributed by atoms with Gasteiger partial charge in [0.2, 0.25) is 0 Å². The number of amides is 2. The molecule has 1 heterocycles. The van der Waals surface area contributed by atoms with Gasteiger partial charge in [-0.2, -0.15) is 13.2 Å². The minimum atomic E-state index is -4.63. The van der Waals surface area contributed by atoms with E-state index in [1.165, 1.54) is 0 Å². The van der Waals surface area contributed by atoms with Gasteiger partial charge in [-0.25, -0.2) is 4.79 Å². The van der Waals surface area contributed by atoms with Gasteiger partial charge in [-0.15, -0.1) is 0 Å². The molecule has 2 amide bonds. The monoisotopic (exact) mass is 321 g/mol. The highest BCUT2D eigenvalue weighted by atomic mass is 19.4. The number of H-pyrrole nitrogens is 1. The Bertz CT molecular complexity index is 570. The summed E-state index contributed by atoms with van der Waals surface area (Å²) < 4.78 is 37.6. The molecule has 6 nitrogen and oxygen atoms in total. The zero-order valence-corrected chi connectivity index (χ0v) is 12.1. The van der Waals surface area contributed by atoms with Crippen molar-refractivity contribution < 1.29 is 23.1 Å². The van der Waals surface area contributed by atoms with Gasteiger partial charge < -0.3 is 20.7 Å². The number of aromatic nitrogens is 1. The third-order valence-corrected chi connectivity index (χ3v) is 2.97. The predicted octanol–water partition coefficient (Wildman–Crippen LogP) is 1.92. The Labute approximate surface area is 124 Å². The zero-order valence-electron chi connectivity index (χ0n) is 12.1. The van der Waals surface area contributed by atoms with E-state index < -0.39 is 35.1 Å². The molecule has 0 aliphatic carbocycles. The zero-order chi connectivity index (χ0) is 16.9. The van der Waals surface area contributed by atoms with Crippen molar-refractivity contribution in [1.82, 2.24) is 10.3 Å². The van der Waals surface area contributed by atoms with E-state index in [4.69, 9.17) is 0 Å². The second kappa shape index (κ2) is 7.30. The highest BCUT2D eigenvalue weighted by Crippen LogP contribution is 2.29. The topological polar surface area (TPSA) is 94.2 Å². The van der Waals surface area contributed by atoms with Gasteiger partial charge in [0.1, 0.15) is 5.69 Å². The summed E-state index contributed by atoms with van der Waals surface area (Å²) in [4.78, 5) is 24.9. The van der Waals surface area contributed by atoms with Crippen molar-refractivity contribution in [3.8, 4) is 0 Å². The normalized spacial score (nSPS) is 13.0. The molecule has 0 aromatic carbocycles. The summed E-state index contributed by atoms with van der Waals surface area (Å²) >= 11 is 0. The number of alkyl halides is 3. The lowest BCUT2D eigenvalue weighted by atomic mass is 10.0. The minimum Gasteiger partial charge on any atom is -0.393 e. The number of carbonyl (C=O) groups is 1. The van der Waals surface area contributed by atoms with E-state index in [1.807, 2.05) is 18.8 Å². The van der Waals surface area contributed by atoms with E-state index in [0.717, 1.165) is 0 Å². The molecule has 0 radical (unpaired) electrons. The molecule has 4 N–H and O–H groups in total. The Morgan fingerprint density at radius 3 is 2.59 bits per heavy atom. The van der Waals surface area contributed by atoms with Crippen LogP contribution in [0.4, 0.5) is 23.7 Å². The van der Waals surface area contributed by atoms with Crippen molar-refractivity contribution in [3.63, 3.8) is 0 Å². The molecule has 1 unspecified atom stereocenters. The van der Waals surface area contributed by atoms with Gasteiger partial charge in [0, 0.05) is 12.7 Å². The second-order valence-electron chi connectivity index (χ2n) is 5.11. The number of nitrogens with one attached hydrogen (secondary N) is 3. The van der Waals surface area contributed by atoms with Crippen LogP contribution in [0.3, 0.4) is 0 Å². The number of hydrogen-bond donors (Lipinski definition) is 4. The molecule has 124 valence electrons. The van der Waals surface area contributed by atoms with Crippen LogP contribution in [0.1, 0.15) is 25.8 Å². The number of aliphatic hydroxyl groups excluding tert-OH is 1. The molecule has 0 fully saturated rings. The smallest absolute Gasteiger partial charge is 0.393 e. The first-order chi connectivity index (χ1) is 10.1. The number of aromatic amines is 1. The van der Waals surface area contributed by atoms with Crippen LogP contribution in [0.25, 0.3) is 0 Å². The lowest BCUT2D eigenvalue weighted by Gasteiger charge is -2.14. The van der Waals surface area contributed by atoms with Gasteiger partial charge in [-0.05, 0) is 18.4 Å². The predicted molar refractivity (Wildman–Crippen MR) is 74.5 cm³/mol. The summed E-state index contributed by atoms with van der Waals surface area (Å²) in [7, 11) is 0. The molecule has 1 rings (SSSR count). The largest absolute Gasteiger partial charge is 0.417 e. The number of aliphatic hydroxyl groups is 1. The molecular formula is C13H18F3N3O3. The van der Waals surface area contributed by atoms with Gasteiger partial charge >= 0.3 is 12.2 Å². The Balaban J connectivity index is 2.63. The fourth-order valence-corrected chi connectivity index (χ4v) is 1.57. The molecule has 1 atom stereocenters. The highest BCUT2D eigenvalue weighted by molar-refractivity contribution is 5.89. The van der Waals surface area contributed by atoms with E-state index in [9.17, 15) is 27.9 Å². The number of carbonyl (C=O) groups excluding carboxylic acids is 1. The standard InChI is InChI=1S/C13H18F3N3O3/c1-7(2)10(20)3-4-17-12(22)19-9-5-8(13(14,15)16)6-18-11(9)21/h5-7,10,20H,3-4H2,1-2H3,(H,18,21)(H2,17,19,22). The molecule has 1 aromatic rings. The van der Waals surface area contributed by atoms with Gasteiger partial charge in [0.15, 0.2) is 0 Å². The van der Waals surface area contributed by atoms with Crippen LogP contribution in [-0.2, 0) is 6.18 Å². The lowest BCUT2D eigenvalue weighted by molar-refractivity contribution is -0.137. The van der Waals surface area contributed by atoms with Crippen molar-refractivity contribution in [2.24, 2.45) is 5.92 Å². The number of hydrogen-bond acceptors (Lipinski definition) is 3. The lowest BCUT2D eigenvalue weighted by Crippen LogP contribution is -2.34. The van der Waals surface area contributed by atoms with E-state index in [-0.39, 0.29) is 12.5 Å². The Morgan fingerprint density at radius 2 is 2.05 bits per heavy atom. The molecule has 0 bridgehead atoms. The molecule has 9 heteroatoms. The SMILES string of the molecule is CC(C)C(O)CCNC(=O)Nc1cc(C(F)(F)F)c[nH]c1=O. The minimum absolute atomic E-state index is 0.0242. The van der Waals surface area contributed by atoms with E-state index in [2.05, 4.69) is 10.6 Å². The van der Waals surface area contributed by atoms with Crippen molar-refractivity contribution in [3.05, 3.63) is 28.2 Å². The van der Waals surface area contributed by atoms with Crippen LogP contribution >= 0.6 is 0 Å². The number of anilines is 1. The van der Waals surface area contributed by atoms with Crippen LogP contribution in [0.2, 0.25) is 0 Å². The molecule has 0 spiro atoms. The number of rotatable bonds is 5. The first-order valence-electron chi connectivity index (χ1n) is 6.64. The van der Waals surface area contributed by atoms with Crippen molar-refractivity contribution in [2.75, 3.05) is 11.9 Å². The Hall–Kier alpha value is -2.03. The third-order valence-electron chi connectivity index (χ3n) is 2.97. The molecule has 0 saturated carbocycles. The molecule has 22 heavy (non-hydrogen) atoms.